The summed E-state index contributed by atoms with van der Waals surface area (Å²) in [5.74, 6) is -0.669. The number of hydrogen-bond acceptors (Lipinski definition) is 5. The Hall–Kier alpha value is -3.24. The zero-order chi connectivity index (χ0) is 21.1. The lowest BCUT2D eigenvalue weighted by atomic mass is 10.1. The van der Waals surface area contributed by atoms with Crippen molar-refractivity contribution in [3.63, 3.8) is 0 Å². The summed E-state index contributed by atoms with van der Waals surface area (Å²) in [5.41, 5.74) is 2.81. The molecule has 1 aromatic carbocycles. The first kappa shape index (κ1) is 22.4. The molecule has 1 fully saturated rings. The van der Waals surface area contributed by atoms with E-state index in [9.17, 15) is 9.18 Å². The van der Waals surface area contributed by atoms with Crippen LogP contribution in [0.5, 0.6) is 0 Å². The minimum absolute atomic E-state index is 0. The van der Waals surface area contributed by atoms with E-state index in [-0.39, 0.29) is 23.9 Å². The molecule has 2 aromatic heterocycles. The van der Waals surface area contributed by atoms with Crippen LogP contribution in [0.15, 0.2) is 36.5 Å². The fourth-order valence-corrected chi connectivity index (χ4v) is 3.75. The lowest BCUT2D eigenvalue weighted by Gasteiger charge is -2.22. The van der Waals surface area contributed by atoms with Gasteiger partial charge >= 0.3 is 0 Å². The number of carbonyl (C=O) groups excluding carboxylic acids is 1. The highest BCUT2D eigenvalue weighted by molar-refractivity contribution is 6.07. The van der Waals surface area contributed by atoms with E-state index in [1.165, 1.54) is 12.1 Å². The smallest absolute Gasteiger partial charge is 0.257 e. The third kappa shape index (κ3) is 4.75. The lowest BCUT2D eigenvalue weighted by Crippen LogP contribution is -2.32. The molecule has 3 aromatic rings. The number of pyridine rings is 2. The molecule has 0 unspecified atom stereocenters. The number of aryl methyl sites for hydroxylation is 1. The molecular formula is C23H23ClFN5O. The molecule has 1 aliphatic rings. The van der Waals surface area contributed by atoms with E-state index in [0.717, 1.165) is 44.5 Å². The molecule has 6 nitrogen and oxygen atoms in total. The van der Waals surface area contributed by atoms with E-state index in [1.54, 1.807) is 12.3 Å². The van der Waals surface area contributed by atoms with Crippen molar-refractivity contribution in [1.82, 2.24) is 14.9 Å². The number of hydrogen-bond donors (Lipinski definition) is 1. The van der Waals surface area contributed by atoms with Crippen LogP contribution in [0.3, 0.4) is 0 Å². The summed E-state index contributed by atoms with van der Waals surface area (Å²) in [7, 11) is 0. The summed E-state index contributed by atoms with van der Waals surface area (Å²) >= 11 is 0. The second kappa shape index (κ2) is 9.71. The van der Waals surface area contributed by atoms with Gasteiger partial charge in [0.1, 0.15) is 11.9 Å². The van der Waals surface area contributed by atoms with Gasteiger partial charge in [0.2, 0.25) is 0 Å². The lowest BCUT2D eigenvalue weighted by molar-refractivity contribution is 0.0762. The second-order valence-electron chi connectivity index (χ2n) is 7.51. The highest BCUT2D eigenvalue weighted by Crippen LogP contribution is 2.30. The first-order valence-corrected chi connectivity index (χ1v) is 10.1. The van der Waals surface area contributed by atoms with Gasteiger partial charge in [-0.2, -0.15) is 5.26 Å². The van der Waals surface area contributed by atoms with E-state index < -0.39 is 5.82 Å². The summed E-state index contributed by atoms with van der Waals surface area (Å²) in [6, 6.07) is 9.80. The SMILES string of the molecule is Cc1ccc2c(Nc3ccc(F)c(C#N)c3)c(C(=O)N3CCCCCC3)cnc2n1.Cl. The Bertz CT molecular complexity index is 1150. The number of fused-ring (bicyclic) bond motifs is 1. The average molecular weight is 440 g/mol. The summed E-state index contributed by atoms with van der Waals surface area (Å²) in [6.07, 6.45) is 5.78. The van der Waals surface area contributed by atoms with Crippen molar-refractivity contribution in [3.05, 3.63) is 59.2 Å². The number of nitrogens with one attached hydrogen (secondary N) is 1. The van der Waals surface area contributed by atoms with Gasteiger partial charge in [0.15, 0.2) is 5.65 Å². The van der Waals surface area contributed by atoms with Crippen LogP contribution < -0.4 is 5.32 Å². The first-order valence-electron chi connectivity index (χ1n) is 10.1. The van der Waals surface area contributed by atoms with Crippen LogP contribution in [0.4, 0.5) is 15.8 Å². The number of amides is 1. The van der Waals surface area contributed by atoms with E-state index >= 15 is 0 Å². The van der Waals surface area contributed by atoms with Gasteiger partial charge in [0.25, 0.3) is 5.91 Å². The van der Waals surface area contributed by atoms with Gasteiger partial charge in [-0.25, -0.2) is 14.4 Å². The Balaban J connectivity index is 0.00000272. The van der Waals surface area contributed by atoms with Gasteiger partial charge in [-0.3, -0.25) is 4.79 Å². The minimum atomic E-state index is -0.583. The normalized spacial score (nSPS) is 13.8. The fraction of sp³-hybridized carbons (Fsp3) is 0.304. The molecule has 0 aliphatic carbocycles. The van der Waals surface area contributed by atoms with Crippen LogP contribution >= 0.6 is 12.4 Å². The highest BCUT2D eigenvalue weighted by Gasteiger charge is 2.23. The third-order valence-corrected chi connectivity index (χ3v) is 5.35. The Morgan fingerprint density at radius 3 is 2.61 bits per heavy atom. The third-order valence-electron chi connectivity index (χ3n) is 5.35. The minimum Gasteiger partial charge on any atom is -0.354 e. The maximum atomic E-state index is 13.8. The molecule has 4 rings (SSSR count). The Kier molecular flexibility index (Phi) is 7.03. The predicted octanol–water partition coefficient (Wildman–Crippen LogP) is 5.13. The standard InChI is InChI=1S/C23H22FN5O.ClH/c1-15-6-8-18-21(28-17-7-9-20(24)16(12-17)13-25)19(14-26-22(18)27-15)23(30)29-10-4-2-3-5-11-29;/h6-9,12,14H,2-5,10-11H2,1H3,(H,26,27,28);1H. The van der Waals surface area contributed by atoms with Crippen LogP contribution in [-0.2, 0) is 0 Å². The molecular weight excluding hydrogens is 417 g/mol. The van der Waals surface area contributed by atoms with Gasteiger partial charge in [-0.1, -0.05) is 12.8 Å². The van der Waals surface area contributed by atoms with Crippen molar-refractivity contribution in [3.8, 4) is 6.07 Å². The van der Waals surface area contributed by atoms with Crippen LogP contribution in [0, 0.1) is 24.1 Å². The van der Waals surface area contributed by atoms with Crippen molar-refractivity contribution in [1.29, 1.82) is 5.26 Å². The Labute approximate surface area is 186 Å². The number of nitrogens with zero attached hydrogens (tertiary/aromatic N) is 4. The van der Waals surface area contributed by atoms with Crippen LogP contribution in [0.2, 0.25) is 0 Å². The first-order chi connectivity index (χ1) is 14.6. The zero-order valence-electron chi connectivity index (χ0n) is 17.2. The topological polar surface area (TPSA) is 81.9 Å². The van der Waals surface area contributed by atoms with Gasteiger partial charge in [-0.05, 0) is 50.1 Å². The van der Waals surface area contributed by atoms with Crippen LogP contribution in [0.1, 0.15) is 47.3 Å². The molecule has 1 N–H and O–H groups in total. The number of carbonyl (C=O) groups is 1. The second-order valence-corrected chi connectivity index (χ2v) is 7.51. The van der Waals surface area contributed by atoms with Gasteiger partial charge in [0.05, 0.1) is 16.8 Å². The molecule has 3 heterocycles. The molecule has 0 radical (unpaired) electrons. The fourth-order valence-electron chi connectivity index (χ4n) is 3.75. The Morgan fingerprint density at radius 1 is 1.16 bits per heavy atom. The largest absolute Gasteiger partial charge is 0.354 e. The molecule has 31 heavy (non-hydrogen) atoms. The van der Waals surface area contributed by atoms with E-state index in [2.05, 4.69) is 15.3 Å². The molecule has 0 bridgehead atoms. The monoisotopic (exact) mass is 439 g/mol. The molecule has 160 valence electrons. The number of likely N-dealkylation sites (tertiary alicyclic amines) is 1. The number of halogens is 2. The van der Waals surface area contributed by atoms with Gasteiger partial charge in [0, 0.05) is 36.1 Å². The average Bonchev–Trinajstić information content (AvgIpc) is 3.04. The van der Waals surface area contributed by atoms with Gasteiger partial charge in [-0.15, -0.1) is 12.4 Å². The molecule has 1 aliphatic heterocycles. The molecule has 1 saturated heterocycles. The summed E-state index contributed by atoms with van der Waals surface area (Å²) < 4.78 is 13.8. The number of aromatic nitrogens is 2. The number of anilines is 2. The van der Waals surface area contributed by atoms with Crippen molar-refractivity contribution in [2.45, 2.75) is 32.6 Å². The summed E-state index contributed by atoms with van der Waals surface area (Å²) in [6.45, 7) is 3.32. The number of benzene rings is 1. The number of rotatable bonds is 3. The van der Waals surface area contributed by atoms with E-state index in [4.69, 9.17) is 5.26 Å². The summed E-state index contributed by atoms with van der Waals surface area (Å²) in [5, 5.41) is 13.1. The maximum absolute atomic E-state index is 13.8. The quantitative estimate of drug-likeness (QED) is 0.611. The van der Waals surface area contributed by atoms with Crippen molar-refractivity contribution in [2.75, 3.05) is 18.4 Å². The zero-order valence-corrected chi connectivity index (χ0v) is 18.0. The van der Waals surface area contributed by atoms with E-state index in [0.29, 0.717) is 28.0 Å². The molecule has 1 amide bonds. The maximum Gasteiger partial charge on any atom is 0.257 e. The van der Waals surface area contributed by atoms with E-state index in [1.807, 2.05) is 30.0 Å². The molecule has 0 spiro atoms. The molecule has 0 atom stereocenters. The number of nitriles is 1. The molecule has 8 heteroatoms. The van der Waals surface area contributed by atoms with Crippen LogP contribution in [0.25, 0.3) is 11.0 Å². The van der Waals surface area contributed by atoms with Crippen molar-refractivity contribution < 1.29 is 9.18 Å². The van der Waals surface area contributed by atoms with Crippen LogP contribution in [-0.4, -0.2) is 33.9 Å². The molecule has 0 saturated carbocycles. The summed E-state index contributed by atoms with van der Waals surface area (Å²) in [4.78, 5) is 24.1. The highest BCUT2D eigenvalue weighted by atomic mass is 35.5. The van der Waals surface area contributed by atoms with Crippen molar-refractivity contribution >= 4 is 40.7 Å². The Morgan fingerprint density at radius 2 is 1.90 bits per heavy atom. The predicted molar refractivity (Wildman–Crippen MR) is 120 cm³/mol. The van der Waals surface area contributed by atoms with Crippen molar-refractivity contribution in [2.24, 2.45) is 0 Å². The van der Waals surface area contributed by atoms with Gasteiger partial charge < -0.3 is 10.2 Å².